The van der Waals surface area contributed by atoms with Crippen molar-refractivity contribution in [3.63, 3.8) is 0 Å². The molecule has 0 aromatic rings. The monoisotopic (exact) mass is 452 g/mol. The summed E-state index contributed by atoms with van der Waals surface area (Å²) in [4.78, 5) is 23.3. The van der Waals surface area contributed by atoms with Crippen LogP contribution < -0.4 is 21.3 Å². The molecule has 32 heavy (non-hydrogen) atoms. The Morgan fingerprint density at radius 3 is 1.38 bits per heavy atom. The van der Waals surface area contributed by atoms with E-state index in [1.807, 2.05) is 41.5 Å². The summed E-state index contributed by atoms with van der Waals surface area (Å²) >= 11 is 0. The highest BCUT2D eigenvalue weighted by molar-refractivity contribution is 5.68. The molecule has 0 unspecified atom stereocenters. The van der Waals surface area contributed by atoms with Gasteiger partial charge in [-0.2, -0.15) is 0 Å². The van der Waals surface area contributed by atoms with E-state index in [1.165, 1.54) is 12.8 Å². The standard InChI is InChI=1S/2C12H22N2O2/c2*1-12(2,3)16-11(15)14-10-5-4-8-6-13-7-9(8)10/h2*8-10,13H,4-7H2,1-3H3,(H,14,15)/t2*8-,9+,10+/m10/s1. The van der Waals surface area contributed by atoms with E-state index in [1.54, 1.807) is 0 Å². The summed E-state index contributed by atoms with van der Waals surface area (Å²) in [6, 6.07) is 0.602. The van der Waals surface area contributed by atoms with Crippen molar-refractivity contribution in [2.24, 2.45) is 23.7 Å². The lowest BCUT2D eigenvalue weighted by atomic mass is 9.98. The van der Waals surface area contributed by atoms with Crippen molar-refractivity contribution in [2.75, 3.05) is 26.2 Å². The molecule has 0 aromatic carbocycles. The fourth-order valence-electron chi connectivity index (χ4n) is 5.57. The second kappa shape index (κ2) is 10.2. The first kappa shape index (κ1) is 25.1. The van der Waals surface area contributed by atoms with Crippen molar-refractivity contribution in [1.82, 2.24) is 21.3 Å². The first-order valence-electron chi connectivity index (χ1n) is 12.3. The molecule has 0 bridgehead atoms. The topological polar surface area (TPSA) is 101 Å². The lowest BCUT2D eigenvalue weighted by Crippen LogP contribution is -2.42. The molecular formula is C24H44N4O4. The van der Waals surface area contributed by atoms with Crippen LogP contribution in [0.5, 0.6) is 0 Å². The van der Waals surface area contributed by atoms with Gasteiger partial charge >= 0.3 is 12.2 Å². The van der Waals surface area contributed by atoms with Crippen molar-refractivity contribution < 1.29 is 19.1 Å². The smallest absolute Gasteiger partial charge is 0.407 e. The van der Waals surface area contributed by atoms with E-state index in [0.717, 1.165) is 50.9 Å². The number of carbonyl (C=O) groups excluding carboxylic acids is 2. The molecule has 0 aromatic heterocycles. The fourth-order valence-corrected chi connectivity index (χ4v) is 5.57. The van der Waals surface area contributed by atoms with E-state index in [-0.39, 0.29) is 12.2 Å². The van der Waals surface area contributed by atoms with Crippen LogP contribution in [0.3, 0.4) is 0 Å². The zero-order valence-electron chi connectivity index (χ0n) is 20.8. The third-order valence-corrected chi connectivity index (χ3v) is 6.92. The van der Waals surface area contributed by atoms with Crippen LogP contribution in [0.4, 0.5) is 9.59 Å². The summed E-state index contributed by atoms with van der Waals surface area (Å²) in [5.41, 5.74) is -0.813. The van der Waals surface area contributed by atoms with Gasteiger partial charge in [0.1, 0.15) is 11.2 Å². The molecule has 2 heterocycles. The van der Waals surface area contributed by atoms with Crippen LogP contribution in [-0.2, 0) is 9.47 Å². The van der Waals surface area contributed by atoms with E-state index in [4.69, 9.17) is 9.47 Å². The minimum absolute atomic E-state index is 0.273. The normalized spacial score (nSPS) is 33.6. The van der Waals surface area contributed by atoms with Gasteiger partial charge in [-0.15, -0.1) is 0 Å². The molecule has 0 spiro atoms. The van der Waals surface area contributed by atoms with E-state index < -0.39 is 11.2 Å². The predicted octanol–water partition coefficient (Wildman–Crippen LogP) is 3.02. The molecule has 2 saturated carbocycles. The number of rotatable bonds is 2. The second-order valence-electron chi connectivity index (χ2n) is 11.8. The van der Waals surface area contributed by atoms with Crippen LogP contribution in [0, 0.1) is 23.7 Å². The molecule has 0 radical (unpaired) electrons. The predicted molar refractivity (Wildman–Crippen MR) is 124 cm³/mol. The molecule has 6 atom stereocenters. The summed E-state index contributed by atoms with van der Waals surface area (Å²) in [5, 5.41) is 12.8. The Morgan fingerprint density at radius 1 is 0.656 bits per heavy atom. The number of nitrogens with one attached hydrogen (secondary N) is 4. The maximum Gasteiger partial charge on any atom is 0.407 e. The number of hydrogen-bond donors (Lipinski definition) is 4. The van der Waals surface area contributed by atoms with Gasteiger partial charge in [0.15, 0.2) is 0 Å². The van der Waals surface area contributed by atoms with Crippen LogP contribution in [0.2, 0.25) is 0 Å². The average molecular weight is 453 g/mol. The first-order valence-corrected chi connectivity index (χ1v) is 12.3. The summed E-state index contributed by atoms with van der Waals surface area (Å²) in [7, 11) is 0. The highest BCUT2D eigenvalue weighted by atomic mass is 16.6. The summed E-state index contributed by atoms with van der Waals surface area (Å²) in [6.45, 7) is 15.6. The van der Waals surface area contributed by atoms with E-state index in [9.17, 15) is 9.59 Å². The molecule has 4 fully saturated rings. The van der Waals surface area contributed by atoms with Crippen LogP contribution in [0.15, 0.2) is 0 Å². The molecular weight excluding hydrogens is 408 g/mol. The maximum atomic E-state index is 11.6. The number of amides is 2. The summed E-state index contributed by atoms with van der Waals surface area (Å²) < 4.78 is 10.6. The van der Waals surface area contributed by atoms with Crippen LogP contribution in [-0.4, -0.2) is 61.7 Å². The number of fused-ring (bicyclic) bond motifs is 2. The van der Waals surface area contributed by atoms with E-state index in [0.29, 0.717) is 23.9 Å². The zero-order valence-corrected chi connectivity index (χ0v) is 20.8. The number of hydrogen-bond acceptors (Lipinski definition) is 6. The van der Waals surface area contributed by atoms with Gasteiger partial charge in [-0.25, -0.2) is 9.59 Å². The van der Waals surface area contributed by atoms with Crippen molar-refractivity contribution in [3.8, 4) is 0 Å². The number of alkyl carbamates (subject to hydrolysis) is 2. The van der Waals surface area contributed by atoms with Crippen LogP contribution >= 0.6 is 0 Å². The SMILES string of the molecule is CC(C)(C)OC(=O)N[C@@H]1CC[C@H]2CNC[C@H]21.CC(C)(C)OC(=O)N[C@H]1CC[C@@H]2CNC[C@@H]21. The van der Waals surface area contributed by atoms with Gasteiger partial charge in [-0.3, -0.25) is 0 Å². The molecule has 2 saturated heterocycles. The van der Waals surface area contributed by atoms with Crippen molar-refractivity contribution in [3.05, 3.63) is 0 Å². The third-order valence-electron chi connectivity index (χ3n) is 6.92. The Hall–Kier alpha value is -1.54. The van der Waals surface area contributed by atoms with Crippen LogP contribution in [0.1, 0.15) is 67.2 Å². The Kier molecular flexibility index (Phi) is 7.97. The molecule has 2 aliphatic heterocycles. The molecule has 4 aliphatic rings. The molecule has 184 valence electrons. The number of carbonyl (C=O) groups is 2. The lowest BCUT2D eigenvalue weighted by Gasteiger charge is -2.24. The Morgan fingerprint density at radius 2 is 1.03 bits per heavy atom. The lowest BCUT2D eigenvalue weighted by molar-refractivity contribution is 0.0481. The Labute approximate surface area is 193 Å². The van der Waals surface area contributed by atoms with Gasteiger partial charge in [0.05, 0.1) is 0 Å². The van der Waals surface area contributed by atoms with Gasteiger partial charge in [-0.1, -0.05) is 0 Å². The highest BCUT2D eigenvalue weighted by Gasteiger charge is 2.41. The maximum absolute atomic E-state index is 11.6. The average Bonchev–Trinajstić information content (AvgIpc) is 3.37. The quantitative estimate of drug-likeness (QED) is 0.514. The van der Waals surface area contributed by atoms with Gasteiger partial charge < -0.3 is 30.7 Å². The Balaban J connectivity index is 0.000000181. The van der Waals surface area contributed by atoms with Gasteiger partial charge in [0, 0.05) is 25.2 Å². The molecule has 2 amide bonds. The summed E-state index contributed by atoms with van der Waals surface area (Å²) in [6.07, 6.45) is 4.08. The van der Waals surface area contributed by atoms with E-state index >= 15 is 0 Å². The van der Waals surface area contributed by atoms with Gasteiger partial charge in [-0.05, 0) is 104 Å². The minimum atomic E-state index is -0.407. The molecule has 4 N–H and O–H groups in total. The first-order chi connectivity index (χ1) is 14.9. The molecule has 2 aliphatic carbocycles. The van der Waals surface area contributed by atoms with Gasteiger partial charge in [0.2, 0.25) is 0 Å². The number of ether oxygens (including phenoxy) is 2. The van der Waals surface area contributed by atoms with Crippen molar-refractivity contribution in [2.45, 2.75) is 90.5 Å². The fraction of sp³-hybridized carbons (Fsp3) is 0.917. The van der Waals surface area contributed by atoms with Crippen molar-refractivity contribution >= 4 is 12.2 Å². The van der Waals surface area contributed by atoms with E-state index in [2.05, 4.69) is 21.3 Å². The summed E-state index contributed by atoms with van der Waals surface area (Å²) in [5.74, 6) is 2.71. The molecule has 4 rings (SSSR count). The zero-order chi connectivity index (χ0) is 23.5. The largest absolute Gasteiger partial charge is 0.444 e. The Bertz CT molecular complexity index is 601. The molecule has 8 heteroatoms. The van der Waals surface area contributed by atoms with Gasteiger partial charge in [0.25, 0.3) is 0 Å². The molecule has 8 nitrogen and oxygen atoms in total. The second-order valence-corrected chi connectivity index (χ2v) is 11.8. The van der Waals surface area contributed by atoms with Crippen LogP contribution in [0.25, 0.3) is 0 Å². The third kappa shape index (κ3) is 7.24. The highest BCUT2D eigenvalue weighted by Crippen LogP contribution is 2.35. The van der Waals surface area contributed by atoms with Crippen molar-refractivity contribution in [1.29, 1.82) is 0 Å². The minimum Gasteiger partial charge on any atom is -0.444 e.